The van der Waals surface area contributed by atoms with Crippen LogP contribution in [0.15, 0.2) is 11.6 Å². The molecule has 1 unspecified atom stereocenters. The lowest BCUT2D eigenvalue weighted by molar-refractivity contribution is -0.323. The lowest BCUT2D eigenvalue weighted by Gasteiger charge is -2.27. The molecule has 1 N–H and O–H groups in total. The molecule has 100 valence electrons. The highest BCUT2D eigenvalue weighted by atomic mass is 17.1. The maximum absolute atomic E-state index is 11.1. The van der Waals surface area contributed by atoms with E-state index >= 15 is 0 Å². The van der Waals surface area contributed by atoms with Crippen LogP contribution in [0.3, 0.4) is 0 Å². The van der Waals surface area contributed by atoms with E-state index in [1.807, 2.05) is 13.0 Å². The zero-order valence-corrected chi connectivity index (χ0v) is 11.4. The van der Waals surface area contributed by atoms with E-state index in [0.29, 0.717) is 24.3 Å². The molecule has 0 aliphatic carbocycles. The first-order valence-electron chi connectivity index (χ1n) is 5.92. The van der Waals surface area contributed by atoms with Crippen LogP contribution in [0.1, 0.15) is 47.0 Å². The van der Waals surface area contributed by atoms with Gasteiger partial charge in [-0.2, -0.15) is 0 Å². The van der Waals surface area contributed by atoms with E-state index in [2.05, 4.69) is 23.5 Å². The van der Waals surface area contributed by atoms with Crippen molar-refractivity contribution < 1.29 is 19.7 Å². The van der Waals surface area contributed by atoms with Gasteiger partial charge in [0.25, 0.3) is 0 Å². The Hall–Kier alpha value is -0.870. The maximum Gasteiger partial charge on any atom is 0.333 e. The quantitative estimate of drug-likeness (QED) is 0.323. The Kier molecular flexibility index (Phi) is 7.07. The standard InChI is InChI=1S/C13H24O4/c1-10(2)9-13(4,17-15)8-6-7-11(3)12(14)16-5/h7,10,15H,6,8-9H2,1-5H3/b11-7+. The van der Waals surface area contributed by atoms with E-state index < -0.39 is 5.60 Å². The number of esters is 1. The van der Waals surface area contributed by atoms with Crippen LogP contribution in [-0.4, -0.2) is 23.9 Å². The number of carbonyl (C=O) groups is 1. The molecule has 0 aromatic heterocycles. The first-order valence-corrected chi connectivity index (χ1v) is 5.92. The molecule has 0 heterocycles. The van der Waals surface area contributed by atoms with Gasteiger partial charge in [0.1, 0.15) is 5.60 Å². The van der Waals surface area contributed by atoms with Gasteiger partial charge in [-0.25, -0.2) is 9.68 Å². The predicted molar refractivity (Wildman–Crippen MR) is 66.6 cm³/mol. The van der Waals surface area contributed by atoms with E-state index in [1.165, 1.54) is 7.11 Å². The topological polar surface area (TPSA) is 55.8 Å². The van der Waals surface area contributed by atoms with Crippen molar-refractivity contribution in [3.63, 3.8) is 0 Å². The third-order valence-corrected chi connectivity index (χ3v) is 2.69. The molecule has 4 nitrogen and oxygen atoms in total. The number of carbonyl (C=O) groups excluding carboxylic acids is 1. The summed E-state index contributed by atoms with van der Waals surface area (Å²) in [5, 5.41) is 8.94. The molecule has 0 aliphatic heterocycles. The molecule has 0 amide bonds. The first kappa shape index (κ1) is 16.1. The lowest BCUT2D eigenvalue weighted by Crippen LogP contribution is -2.29. The van der Waals surface area contributed by atoms with Crippen molar-refractivity contribution in [3.05, 3.63) is 11.6 Å². The van der Waals surface area contributed by atoms with Crippen LogP contribution in [0.5, 0.6) is 0 Å². The Morgan fingerprint density at radius 2 is 2.06 bits per heavy atom. The van der Waals surface area contributed by atoms with Crippen LogP contribution in [-0.2, 0) is 14.4 Å². The normalized spacial score (nSPS) is 15.8. The van der Waals surface area contributed by atoms with Gasteiger partial charge in [0, 0.05) is 5.57 Å². The van der Waals surface area contributed by atoms with Crippen molar-refractivity contribution in [3.8, 4) is 0 Å². The molecular weight excluding hydrogens is 220 g/mol. The molecule has 0 bridgehead atoms. The molecule has 0 fully saturated rings. The molecular formula is C13H24O4. The fraction of sp³-hybridized carbons (Fsp3) is 0.769. The van der Waals surface area contributed by atoms with E-state index in [-0.39, 0.29) is 5.97 Å². The second-order valence-corrected chi connectivity index (χ2v) is 5.06. The van der Waals surface area contributed by atoms with Crippen LogP contribution in [0.4, 0.5) is 0 Å². The average Bonchev–Trinajstić information content (AvgIpc) is 2.26. The van der Waals surface area contributed by atoms with Gasteiger partial charge in [-0.15, -0.1) is 0 Å². The van der Waals surface area contributed by atoms with Gasteiger partial charge in [-0.1, -0.05) is 19.9 Å². The Labute approximate surface area is 104 Å². The van der Waals surface area contributed by atoms with E-state index in [0.717, 1.165) is 6.42 Å². The second-order valence-electron chi connectivity index (χ2n) is 5.06. The average molecular weight is 244 g/mol. The highest BCUT2D eigenvalue weighted by Crippen LogP contribution is 2.25. The third-order valence-electron chi connectivity index (χ3n) is 2.69. The van der Waals surface area contributed by atoms with Crippen molar-refractivity contribution in [2.24, 2.45) is 5.92 Å². The molecule has 4 heteroatoms. The fourth-order valence-corrected chi connectivity index (χ4v) is 1.89. The monoisotopic (exact) mass is 244 g/mol. The largest absolute Gasteiger partial charge is 0.466 e. The van der Waals surface area contributed by atoms with Crippen molar-refractivity contribution in [2.75, 3.05) is 7.11 Å². The van der Waals surface area contributed by atoms with Crippen LogP contribution in [0.2, 0.25) is 0 Å². The molecule has 0 radical (unpaired) electrons. The molecule has 0 aliphatic rings. The van der Waals surface area contributed by atoms with E-state index in [9.17, 15) is 4.79 Å². The van der Waals surface area contributed by atoms with Crippen LogP contribution in [0.25, 0.3) is 0 Å². The first-order chi connectivity index (χ1) is 7.84. The predicted octanol–water partition coefficient (Wildman–Crippen LogP) is 3.18. The molecule has 0 saturated carbocycles. The number of methoxy groups -OCH3 is 1. The summed E-state index contributed by atoms with van der Waals surface area (Å²) in [6.07, 6.45) is 3.92. The minimum Gasteiger partial charge on any atom is -0.466 e. The van der Waals surface area contributed by atoms with Crippen molar-refractivity contribution in [2.45, 2.75) is 52.6 Å². The molecule has 0 spiro atoms. The second kappa shape index (κ2) is 7.45. The van der Waals surface area contributed by atoms with Gasteiger partial charge in [0.05, 0.1) is 7.11 Å². The summed E-state index contributed by atoms with van der Waals surface area (Å²) in [5.41, 5.74) is 0.0264. The van der Waals surface area contributed by atoms with Gasteiger partial charge in [-0.05, 0) is 39.0 Å². The summed E-state index contributed by atoms with van der Waals surface area (Å²) in [6, 6.07) is 0. The smallest absolute Gasteiger partial charge is 0.333 e. The molecule has 1 atom stereocenters. The van der Waals surface area contributed by atoms with Gasteiger partial charge >= 0.3 is 5.97 Å². The third kappa shape index (κ3) is 6.44. The number of ether oxygens (including phenoxy) is 1. The van der Waals surface area contributed by atoms with Gasteiger partial charge in [0.15, 0.2) is 0 Å². The Morgan fingerprint density at radius 3 is 2.47 bits per heavy atom. The summed E-state index contributed by atoms with van der Waals surface area (Å²) in [5.74, 6) is 0.123. The Bertz CT molecular complexity index is 271. The molecule has 0 aromatic rings. The summed E-state index contributed by atoms with van der Waals surface area (Å²) in [6.45, 7) is 7.74. The molecule has 0 saturated heterocycles. The van der Waals surface area contributed by atoms with Crippen LogP contribution in [0, 0.1) is 5.92 Å². The summed E-state index contributed by atoms with van der Waals surface area (Å²) < 4.78 is 4.60. The SMILES string of the molecule is COC(=O)/C(C)=C/CCC(C)(CC(C)C)OO. The summed E-state index contributed by atoms with van der Waals surface area (Å²) in [7, 11) is 1.36. The number of allylic oxidation sites excluding steroid dienone is 1. The van der Waals surface area contributed by atoms with Gasteiger partial charge in [-0.3, -0.25) is 5.26 Å². The van der Waals surface area contributed by atoms with Crippen molar-refractivity contribution in [1.29, 1.82) is 0 Å². The maximum atomic E-state index is 11.1. The van der Waals surface area contributed by atoms with Crippen LogP contribution < -0.4 is 0 Å². The minimum absolute atomic E-state index is 0.319. The number of hydrogen-bond donors (Lipinski definition) is 1. The zero-order chi connectivity index (χ0) is 13.5. The minimum atomic E-state index is -0.554. The molecule has 0 aromatic carbocycles. The number of hydrogen-bond acceptors (Lipinski definition) is 4. The highest BCUT2D eigenvalue weighted by molar-refractivity contribution is 5.87. The fourth-order valence-electron chi connectivity index (χ4n) is 1.89. The highest BCUT2D eigenvalue weighted by Gasteiger charge is 2.26. The van der Waals surface area contributed by atoms with Crippen molar-refractivity contribution >= 4 is 5.97 Å². The van der Waals surface area contributed by atoms with Crippen LogP contribution >= 0.6 is 0 Å². The Morgan fingerprint density at radius 1 is 1.47 bits per heavy atom. The zero-order valence-electron chi connectivity index (χ0n) is 11.4. The number of rotatable bonds is 7. The summed E-state index contributed by atoms with van der Waals surface area (Å²) >= 11 is 0. The molecule has 0 rings (SSSR count). The van der Waals surface area contributed by atoms with E-state index in [4.69, 9.17) is 5.26 Å². The van der Waals surface area contributed by atoms with Crippen molar-refractivity contribution in [1.82, 2.24) is 0 Å². The van der Waals surface area contributed by atoms with E-state index in [1.54, 1.807) is 6.92 Å². The van der Waals surface area contributed by atoms with Gasteiger partial charge in [0.2, 0.25) is 0 Å². The lowest BCUT2D eigenvalue weighted by atomic mass is 9.90. The molecule has 17 heavy (non-hydrogen) atoms. The summed E-state index contributed by atoms with van der Waals surface area (Å²) in [4.78, 5) is 15.7. The van der Waals surface area contributed by atoms with Gasteiger partial charge < -0.3 is 4.74 Å². The Balaban J connectivity index is 4.29.